The lowest BCUT2D eigenvalue weighted by atomic mass is 10.00. The van der Waals surface area contributed by atoms with Crippen LogP contribution in [0, 0.1) is 11.8 Å². The van der Waals surface area contributed by atoms with Crippen LogP contribution in [0.25, 0.3) is 0 Å². The third kappa shape index (κ3) is 19.3. The summed E-state index contributed by atoms with van der Waals surface area (Å²) in [7, 11) is 0. The van der Waals surface area contributed by atoms with Crippen molar-refractivity contribution in [1.82, 2.24) is 42.5 Å². The van der Waals surface area contributed by atoms with Gasteiger partial charge in [-0.05, 0) is 25.2 Å². The van der Waals surface area contributed by atoms with E-state index >= 15 is 0 Å². The third-order valence-corrected chi connectivity index (χ3v) is 8.00. The zero-order valence-electron chi connectivity index (χ0n) is 33.0. The number of nitrogens with two attached hydrogens (primary N) is 1. The number of carboxylic acid groups (broad SMARTS) is 3. The minimum atomic E-state index is -2.00. The first kappa shape index (κ1) is 53.0. The van der Waals surface area contributed by atoms with Crippen molar-refractivity contribution >= 4 is 65.2 Å². The molecule has 26 nitrogen and oxygen atoms in total. The molecule has 8 amide bonds. The molecule has 0 aliphatic heterocycles. The predicted molar refractivity (Wildman–Crippen MR) is 198 cm³/mol. The molecule has 334 valence electrons. The SMILES string of the molecule is CC(C)C[C@H](NC(=O)[C@H](CO)NC(=O)[C@H](C)NC(=O)[C@H](CC(=O)O)NC(=O)[C@H](CO)NC(=O)[C@H](CC(=O)O)NC(=O)[C@H](CO)NC(=O)CN)C(=O)N[C@H](C(=O)O)C(C)C. The number of hydrogen-bond donors (Lipinski definition) is 15. The normalized spacial score (nSPS) is 15.0. The van der Waals surface area contributed by atoms with Gasteiger partial charge in [0, 0.05) is 0 Å². The fourth-order valence-corrected chi connectivity index (χ4v) is 4.84. The highest BCUT2D eigenvalue weighted by Gasteiger charge is 2.35. The van der Waals surface area contributed by atoms with Crippen molar-refractivity contribution in [3.63, 3.8) is 0 Å². The van der Waals surface area contributed by atoms with Gasteiger partial charge in [0.15, 0.2) is 0 Å². The molecule has 0 saturated carbocycles. The van der Waals surface area contributed by atoms with E-state index in [2.05, 4.69) is 21.3 Å². The maximum atomic E-state index is 13.1. The van der Waals surface area contributed by atoms with Gasteiger partial charge in [-0.15, -0.1) is 0 Å². The van der Waals surface area contributed by atoms with Gasteiger partial charge in [-0.25, -0.2) is 4.79 Å². The molecule has 0 aliphatic rings. The molecule has 0 unspecified atom stereocenters. The lowest BCUT2D eigenvalue weighted by molar-refractivity contribution is -0.144. The van der Waals surface area contributed by atoms with Crippen LogP contribution in [0.15, 0.2) is 0 Å². The van der Waals surface area contributed by atoms with Crippen molar-refractivity contribution in [3.05, 3.63) is 0 Å². The highest BCUT2D eigenvalue weighted by molar-refractivity contribution is 5.99. The van der Waals surface area contributed by atoms with Gasteiger partial charge in [-0.3, -0.25) is 47.9 Å². The van der Waals surface area contributed by atoms with Crippen molar-refractivity contribution in [2.24, 2.45) is 17.6 Å². The van der Waals surface area contributed by atoms with Gasteiger partial charge >= 0.3 is 17.9 Å². The van der Waals surface area contributed by atoms with E-state index in [-0.39, 0.29) is 12.3 Å². The Morgan fingerprint density at radius 2 is 0.797 bits per heavy atom. The zero-order valence-corrected chi connectivity index (χ0v) is 33.0. The molecule has 8 atom stereocenters. The molecular weight excluding hydrogens is 794 g/mol. The summed E-state index contributed by atoms with van der Waals surface area (Å²) in [5, 5.41) is 74.0. The van der Waals surface area contributed by atoms with E-state index in [0.29, 0.717) is 0 Å². The number of rotatable bonds is 27. The summed E-state index contributed by atoms with van der Waals surface area (Å²) in [6.45, 7) is 3.77. The molecule has 0 rings (SSSR count). The first-order valence-corrected chi connectivity index (χ1v) is 18.0. The topological polar surface area (TPSA) is 431 Å². The van der Waals surface area contributed by atoms with E-state index in [1.54, 1.807) is 27.7 Å². The molecule has 0 aromatic rings. The Kier molecular flexibility index (Phi) is 23.4. The number of aliphatic carboxylic acids is 3. The molecule has 0 aromatic carbocycles. The molecule has 26 heteroatoms. The van der Waals surface area contributed by atoms with E-state index in [9.17, 15) is 83.4 Å². The Morgan fingerprint density at radius 1 is 0.458 bits per heavy atom. The van der Waals surface area contributed by atoms with Crippen molar-refractivity contribution in [2.75, 3.05) is 26.4 Å². The van der Waals surface area contributed by atoms with Crippen LogP contribution in [0.1, 0.15) is 53.9 Å². The molecule has 16 N–H and O–H groups in total. The summed E-state index contributed by atoms with van der Waals surface area (Å²) < 4.78 is 0. The van der Waals surface area contributed by atoms with Gasteiger partial charge < -0.3 is 78.9 Å². The number of amides is 8. The van der Waals surface area contributed by atoms with Crippen LogP contribution >= 0.6 is 0 Å². The highest BCUT2D eigenvalue weighted by Crippen LogP contribution is 2.09. The second kappa shape index (κ2) is 26.1. The number of carboxylic acids is 3. The molecule has 0 aromatic heterocycles. The minimum absolute atomic E-state index is 0.0269. The Labute approximate surface area is 337 Å². The summed E-state index contributed by atoms with van der Waals surface area (Å²) in [4.78, 5) is 137. The van der Waals surface area contributed by atoms with Crippen molar-refractivity contribution in [1.29, 1.82) is 0 Å². The quantitative estimate of drug-likeness (QED) is 0.0365. The number of carbonyl (C=O) groups is 11. The van der Waals surface area contributed by atoms with Crippen LogP contribution in [0.4, 0.5) is 0 Å². The molecular formula is C33H55N9O17. The molecule has 0 radical (unpaired) electrons. The zero-order chi connectivity index (χ0) is 45.7. The molecule has 0 fully saturated rings. The Bertz CT molecular complexity index is 1540. The number of hydrogen-bond acceptors (Lipinski definition) is 15. The maximum absolute atomic E-state index is 13.1. The lowest BCUT2D eigenvalue weighted by Gasteiger charge is -2.27. The van der Waals surface area contributed by atoms with Crippen LogP contribution in [-0.4, -0.2) is 171 Å². The monoisotopic (exact) mass is 849 g/mol. The Hall–Kier alpha value is -5.99. The summed E-state index contributed by atoms with van der Waals surface area (Å²) in [5.41, 5.74) is 5.14. The van der Waals surface area contributed by atoms with E-state index in [1.807, 2.05) is 21.3 Å². The van der Waals surface area contributed by atoms with Crippen LogP contribution in [0.5, 0.6) is 0 Å². The smallest absolute Gasteiger partial charge is 0.326 e. The predicted octanol–water partition coefficient (Wildman–Crippen LogP) is -7.44. The van der Waals surface area contributed by atoms with E-state index in [0.717, 1.165) is 6.92 Å². The molecule has 59 heavy (non-hydrogen) atoms. The first-order chi connectivity index (χ1) is 27.4. The number of aliphatic hydroxyl groups is 3. The molecule has 0 aliphatic carbocycles. The Balaban J connectivity index is 5.88. The van der Waals surface area contributed by atoms with E-state index in [1.165, 1.54) is 0 Å². The van der Waals surface area contributed by atoms with Gasteiger partial charge in [0.25, 0.3) is 0 Å². The third-order valence-electron chi connectivity index (χ3n) is 8.00. The van der Waals surface area contributed by atoms with Gasteiger partial charge in [-0.2, -0.15) is 0 Å². The fraction of sp³-hybridized carbons (Fsp3) is 0.667. The first-order valence-electron chi connectivity index (χ1n) is 18.0. The lowest BCUT2D eigenvalue weighted by Crippen LogP contribution is -2.61. The maximum Gasteiger partial charge on any atom is 0.326 e. The van der Waals surface area contributed by atoms with Gasteiger partial charge in [0.2, 0.25) is 47.3 Å². The fourth-order valence-electron chi connectivity index (χ4n) is 4.84. The van der Waals surface area contributed by atoms with Crippen molar-refractivity contribution in [2.45, 2.75) is 102 Å². The van der Waals surface area contributed by atoms with Crippen LogP contribution in [-0.2, 0) is 52.7 Å². The van der Waals surface area contributed by atoms with Crippen LogP contribution < -0.4 is 48.3 Å². The van der Waals surface area contributed by atoms with Crippen molar-refractivity contribution in [3.8, 4) is 0 Å². The van der Waals surface area contributed by atoms with Gasteiger partial charge in [0.1, 0.15) is 48.3 Å². The van der Waals surface area contributed by atoms with E-state index in [4.69, 9.17) is 5.73 Å². The summed E-state index contributed by atoms with van der Waals surface area (Å²) in [6.07, 6.45) is -2.21. The number of aliphatic hydroxyl groups excluding tert-OH is 3. The average molecular weight is 850 g/mol. The van der Waals surface area contributed by atoms with Gasteiger partial charge in [0.05, 0.1) is 39.2 Å². The second-order valence-electron chi connectivity index (χ2n) is 13.8. The van der Waals surface area contributed by atoms with Crippen molar-refractivity contribution < 1.29 is 83.4 Å². The van der Waals surface area contributed by atoms with Gasteiger partial charge in [-0.1, -0.05) is 27.7 Å². The van der Waals surface area contributed by atoms with Crippen LogP contribution in [0.2, 0.25) is 0 Å². The summed E-state index contributed by atoms with van der Waals surface area (Å²) in [6, 6.07) is -13.6. The second-order valence-corrected chi connectivity index (χ2v) is 13.8. The molecule has 0 bridgehead atoms. The number of nitrogens with one attached hydrogen (secondary N) is 8. The Morgan fingerprint density at radius 3 is 1.15 bits per heavy atom. The molecule has 0 heterocycles. The minimum Gasteiger partial charge on any atom is -0.481 e. The van der Waals surface area contributed by atoms with Crippen LogP contribution in [0.3, 0.4) is 0 Å². The standard InChI is InChI=1S/C33H55N9O17/c1-13(2)6-16(29(54)42-25(14(3)4)33(58)59)37-31(56)20(11-44)40-26(51)15(5)35-27(52)17(7-23(47)48)38-32(57)21(12-45)41-28(53)18(8-24(49)50)39-30(55)19(10-43)36-22(46)9-34/h13-21,25,43-45H,6-12,34H2,1-5H3,(H,35,52)(H,36,46)(H,37,56)(H,38,57)(H,39,55)(H,40,51)(H,41,53)(H,42,54)(H,47,48)(H,49,50)(H,58,59)/t15-,16-,17-,18-,19-,20-,21-,25-/m0/s1. The number of carbonyl (C=O) groups excluding carboxylic acids is 8. The molecule has 0 spiro atoms. The molecule has 0 saturated heterocycles. The average Bonchev–Trinajstić information content (AvgIpc) is 3.14. The largest absolute Gasteiger partial charge is 0.481 e. The summed E-state index contributed by atoms with van der Waals surface area (Å²) in [5.74, 6) is -14.6. The summed E-state index contributed by atoms with van der Waals surface area (Å²) >= 11 is 0. The van der Waals surface area contributed by atoms with E-state index < -0.39 is 159 Å². The highest BCUT2D eigenvalue weighted by atomic mass is 16.4.